The number of hydrogen-bond donors (Lipinski definition) is 0. The van der Waals surface area contributed by atoms with E-state index in [1.54, 1.807) is 0 Å². The molecule has 212 valence electrons. The summed E-state index contributed by atoms with van der Waals surface area (Å²) in [4.78, 5) is 0. The highest BCUT2D eigenvalue weighted by molar-refractivity contribution is 5.45. The lowest BCUT2D eigenvalue weighted by Gasteiger charge is -2.45. The van der Waals surface area contributed by atoms with Crippen LogP contribution < -0.4 is 0 Å². The van der Waals surface area contributed by atoms with Crippen LogP contribution in [0.4, 0.5) is 0 Å². The van der Waals surface area contributed by atoms with E-state index < -0.39 is 0 Å². The van der Waals surface area contributed by atoms with Crippen molar-refractivity contribution in [1.82, 2.24) is 0 Å². The van der Waals surface area contributed by atoms with Gasteiger partial charge in [0.2, 0.25) is 0 Å². The molecule has 0 bridgehead atoms. The Kier molecular flexibility index (Phi) is 21.2. The summed E-state index contributed by atoms with van der Waals surface area (Å²) >= 11 is 0. The maximum Gasteiger partial charge on any atom is 0.0432 e. The summed E-state index contributed by atoms with van der Waals surface area (Å²) in [6, 6.07) is 0. The number of hydrogen-bond acceptors (Lipinski definition) is 0. The van der Waals surface area contributed by atoms with E-state index in [2.05, 4.69) is 134 Å². The van der Waals surface area contributed by atoms with E-state index in [-0.39, 0.29) is 10.8 Å². The van der Waals surface area contributed by atoms with Gasteiger partial charge < -0.3 is 0 Å². The zero-order valence-corrected chi connectivity index (χ0v) is 26.0. The van der Waals surface area contributed by atoms with Gasteiger partial charge in [-0.1, -0.05) is 156 Å². The van der Waals surface area contributed by atoms with Gasteiger partial charge >= 0.3 is 0 Å². The van der Waals surface area contributed by atoms with Crippen molar-refractivity contribution in [2.45, 2.75) is 119 Å². The van der Waals surface area contributed by atoms with Crippen LogP contribution in [-0.4, -0.2) is 0 Å². The standard InChI is InChI=1S/C38H60/c1-9-15-20-25-32-37(30-22-17-11-3,31-23-18-12-4)38(33-24-19-13-5,34-26-21-16-10-2)36(27-14-6)29-28-35(7)8/h11-12,18,22-27,30-34H,3,7,9-10,13-17,19-21,28-29H2,1-2,4-6,8H3. The van der Waals surface area contributed by atoms with Crippen LogP contribution in [0, 0.1) is 10.8 Å². The van der Waals surface area contributed by atoms with Gasteiger partial charge in [0.05, 0.1) is 0 Å². The molecule has 0 nitrogen and oxygen atoms in total. The molecule has 0 heterocycles. The highest BCUT2D eigenvalue weighted by Gasteiger charge is 2.45. The van der Waals surface area contributed by atoms with Crippen LogP contribution in [0.3, 0.4) is 0 Å². The maximum absolute atomic E-state index is 4.26. The van der Waals surface area contributed by atoms with Gasteiger partial charge in [0.15, 0.2) is 0 Å². The van der Waals surface area contributed by atoms with E-state index in [1.165, 1.54) is 36.8 Å². The highest BCUT2D eigenvalue weighted by Crippen LogP contribution is 2.53. The van der Waals surface area contributed by atoms with E-state index in [9.17, 15) is 0 Å². The van der Waals surface area contributed by atoms with Crippen molar-refractivity contribution in [1.29, 1.82) is 0 Å². The molecule has 0 saturated heterocycles. The topological polar surface area (TPSA) is 0 Å². The quantitative estimate of drug-likeness (QED) is 0.0762. The first-order chi connectivity index (χ1) is 18.4. The number of unbranched alkanes of at least 4 members (excludes halogenated alkanes) is 5. The molecule has 2 atom stereocenters. The Balaban J connectivity index is 7.72. The van der Waals surface area contributed by atoms with Crippen molar-refractivity contribution in [2.75, 3.05) is 0 Å². The van der Waals surface area contributed by atoms with Crippen LogP contribution in [0.1, 0.15) is 119 Å². The van der Waals surface area contributed by atoms with Crippen LogP contribution >= 0.6 is 0 Å². The Morgan fingerprint density at radius 1 is 0.711 bits per heavy atom. The summed E-state index contributed by atoms with van der Waals surface area (Å²) in [6.07, 6.45) is 46.2. The van der Waals surface area contributed by atoms with Gasteiger partial charge in [-0.15, -0.1) is 13.2 Å². The molecule has 0 fully saturated rings. The molecule has 0 aromatic carbocycles. The fourth-order valence-corrected chi connectivity index (χ4v) is 4.80. The zero-order valence-electron chi connectivity index (χ0n) is 26.0. The minimum Gasteiger partial charge on any atom is -0.103 e. The minimum atomic E-state index is -0.341. The summed E-state index contributed by atoms with van der Waals surface area (Å²) in [6.45, 7) is 21.6. The average molecular weight is 517 g/mol. The fourth-order valence-electron chi connectivity index (χ4n) is 4.80. The van der Waals surface area contributed by atoms with Crippen LogP contribution in [0.15, 0.2) is 109 Å². The largest absolute Gasteiger partial charge is 0.103 e. The van der Waals surface area contributed by atoms with E-state index in [4.69, 9.17) is 0 Å². The second-order valence-corrected chi connectivity index (χ2v) is 10.5. The van der Waals surface area contributed by atoms with Gasteiger partial charge in [-0.25, -0.2) is 0 Å². The third kappa shape index (κ3) is 12.9. The molecule has 0 rings (SSSR count). The van der Waals surface area contributed by atoms with Crippen LogP contribution in [-0.2, 0) is 0 Å². The van der Waals surface area contributed by atoms with Gasteiger partial charge in [0, 0.05) is 10.8 Å². The van der Waals surface area contributed by atoms with Crippen molar-refractivity contribution < 1.29 is 0 Å². The summed E-state index contributed by atoms with van der Waals surface area (Å²) in [5, 5.41) is 0. The fraction of sp³-hybridized carbons (Fsp3) is 0.526. The van der Waals surface area contributed by atoms with Crippen LogP contribution in [0.2, 0.25) is 0 Å². The molecule has 0 aliphatic carbocycles. The molecule has 0 aliphatic rings. The van der Waals surface area contributed by atoms with Crippen LogP contribution in [0.25, 0.3) is 0 Å². The third-order valence-corrected chi connectivity index (χ3v) is 6.95. The summed E-state index contributed by atoms with van der Waals surface area (Å²) in [5.74, 6) is 0. The highest BCUT2D eigenvalue weighted by atomic mass is 14.5. The lowest BCUT2D eigenvalue weighted by atomic mass is 9.57. The van der Waals surface area contributed by atoms with E-state index in [0.29, 0.717) is 0 Å². The third-order valence-electron chi connectivity index (χ3n) is 6.95. The molecular formula is C38H60. The Morgan fingerprint density at radius 3 is 1.84 bits per heavy atom. The summed E-state index contributed by atoms with van der Waals surface area (Å²) in [7, 11) is 0. The van der Waals surface area contributed by atoms with Crippen molar-refractivity contribution in [3.05, 3.63) is 109 Å². The normalized spacial score (nSPS) is 16.5. The molecule has 0 amide bonds. The Labute approximate surface area is 238 Å². The molecule has 0 aromatic heterocycles. The van der Waals surface area contributed by atoms with E-state index in [0.717, 1.165) is 51.4 Å². The molecule has 38 heavy (non-hydrogen) atoms. The lowest BCUT2D eigenvalue weighted by molar-refractivity contribution is 0.369. The molecule has 0 aromatic rings. The van der Waals surface area contributed by atoms with Gasteiger partial charge in [0.25, 0.3) is 0 Å². The van der Waals surface area contributed by atoms with E-state index in [1.807, 2.05) is 6.08 Å². The van der Waals surface area contributed by atoms with Gasteiger partial charge in [-0.05, 0) is 58.8 Å². The first-order valence-electron chi connectivity index (χ1n) is 15.4. The van der Waals surface area contributed by atoms with Gasteiger partial charge in [0.1, 0.15) is 0 Å². The Hall–Kier alpha value is -2.34. The summed E-state index contributed by atoms with van der Waals surface area (Å²) < 4.78 is 0. The number of rotatable bonds is 22. The zero-order chi connectivity index (χ0) is 28.5. The lowest BCUT2D eigenvalue weighted by Crippen LogP contribution is -2.37. The van der Waals surface area contributed by atoms with Crippen molar-refractivity contribution in [3.63, 3.8) is 0 Å². The number of allylic oxidation sites excluding steroid dienone is 16. The second-order valence-electron chi connectivity index (χ2n) is 10.5. The predicted octanol–water partition coefficient (Wildman–Crippen LogP) is 12.8. The van der Waals surface area contributed by atoms with Gasteiger partial charge in [-0.2, -0.15) is 0 Å². The Bertz CT molecular complexity index is 837. The monoisotopic (exact) mass is 516 g/mol. The van der Waals surface area contributed by atoms with Crippen molar-refractivity contribution in [3.8, 4) is 0 Å². The molecular weight excluding hydrogens is 456 g/mol. The van der Waals surface area contributed by atoms with Gasteiger partial charge in [-0.3, -0.25) is 0 Å². The molecule has 0 saturated carbocycles. The second kappa shape index (κ2) is 22.6. The molecule has 0 radical (unpaired) electrons. The molecule has 0 aliphatic heterocycles. The predicted molar refractivity (Wildman–Crippen MR) is 177 cm³/mol. The average Bonchev–Trinajstić information content (AvgIpc) is 2.90. The first-order valence-corrected chi connectivity index (χ1v) is 15.4. The first kappa shape index (κ1) is 35.7. The van der Waals surface area contributed by atoms with Crippen LogP contribution in [0.5, 0.6) is 0 Å². The Morgan fingerprint density at radius 2 is 1.32 bits per heavy atom. The SMILES string of the molecule is C=CCC=CC(C=CC=CC)(C=CCCCC)C(C=CCCC)(C=CCCCC)C(=CCC)CCC(=C)C. The van der Waals surface area contributed by atoms with Crippen molar-refractivity contribution in [2.24, 2.45) is 10.8 Å². The molecule has 0 spiro atoms. The molecule has 2 unspecified atom stereocenters. The van der Waals surface area contributed by atoms with Crippen molar-refractivity contribution >= 4 is 0 Å². The smallest absolute Gasteiger partial charge is 0.0432 e. The molecule has 0 heteroatoms. The molecule has 0 N–H and O–H groups in total. The van der Waals surface area contributed by atoms with E-state index >= 15 is 0 Å². The minimum absolute atomic E-state index is 0.306. The maximum atomic E-state index is 4.26. The summed E-state index contributed by atoms with van der Waals surface area (Å²) in [5.41, 5.74) is 2.08.